The van der Waals surface area contributed by atoms with Gasteiger partial charge in [-0.15, -0.1) is 0 Å². The maximum absolute atomic E-state index is 13.7. The Labute approximate surface area is 128 Å². The van der Waals surface area contributed by atoms with Gasteiger partial charge in [-0.2, -0.15) is 0 Å². The largest absolute Gasteiger partial charge is 0.497 e. The lowest BCUT2D eigenvalue weighted by Crippen LogP contribution is -2.15. The Kier molecular flexibility index (Phi) is 4.42. The first kappa shape index (κ1) is 15.2. The van der Waals surface area contributed by atoms with E-state index in [1.54, 1.807) is 6.07 Å². The van der Waals surface area contributed by atoms with Crippen LogP contribution in [0.2, 0.25) is 0 Å². The number of nitrogen functional groups attached to an aromatic ring is 1. The Balaban J connectivity index is 2.35. The molecule has 21 heavy (non-hydrogen) atoms. The van der Waals surface area contributed by atoms with E-state index in [4.69, 9.17) is 10.5 Å². The maximum atomic E-state index is 13.7. The molecule has 0 aliphatic carbocycles. The predicted octanol–water partition coefficient (Wildman–Crippen LogP) is 3.57. The molecule has 0 radical (unpaired) electrons. The number of hydrogen-bond acceptors (Lipinski definition) is 3. The first-order valence-electron chi connectivity index (χ1n) is 5.81. The lowest BCUT2D eigenvalue weighted by Gasteiger charge is -2.11. The molecule has 2 aromatic carbocycles. The van der Waals surface area contributed by atoms with Crippen molar-refractivity contribution in [1.82, 2.24) is 0 Å². The molecule has 0 heterocycles. The van der Waals surface area contributed by atoms with Gasteiger partial charge < -0.3 is 15.8 Å². The number of carbonyl (C=O) groups excluding carboxylic acids is 1. The van der Waals surface area contributed by atoms with Gasteiger partial charge in [0.05, 0.1) is 18.4 Å². The number of nitrogens with two attached hydrogens (primary N) is 1. The van der Waals surface area contributed by atoms with Crippen molar-refractivity contribution in [1.29, 1.82) is 0 Å². The van der Waals surface area contributed by atoms with Crippen molar-refractivity contribution in [2.45, 2.75) is 0 Å². The van der Waals surface area contributed by atoms with E-state index in [9.17, 15) is 13.6 Å². The Morgan fingerprint density at radius 3 is 2.62 bits per heavy atom. The van der Waals surface area contributed by atoms with Crippen molar-refractivity contribution in [3.63, 3.8) is 0 Å². The third-order valence-electron chi connectivity index (χ3n) is 2.75. The van der Waals surface area contributed by atoms with Gasteiger partial charge in [0.2, 0.25) is 0 Å². The molecule has 0 bridgehead atoms. The van der Waals surface area contributed by atoms with Gasteiger partial charge in [0, 0.05) is 16.2 Å². The molecule has 0 aromatic heterocycles. The zero-order valence-corrected chi connectivity index (χ0v) is 12.5. The van der Waals surface area contributed by atoms with Crippen LogP contribution in [0.15, 0.2) is 34.8 Å². The number of methoxy groups -OCH3 is 1. The van der Waals surface area contributed by atoms with Crippen molar-refractivity contribution in [2.24, 2.45) is 0 Å². The summed E-state index contributed by atoms with van der Waals surface area (Å²) in [5.74, 6) is -1.83. The molecule has 3 N–H and O–H groups in total. The van der Waals surface area contributed by atoms with Crippen molar-refractivity contribution < 1.29 is 18.3 Å². The second-order valence-corrected chi connectivity index (χ2v) is 5.01. The third kappa shape index (κ3) is 3.30. The van der Waals surface area contributed by atoms with Crippen LogP contribution in [0.3, 0.4) is 0 Å². The van der Waals surface area contributed by atoms with Gasteiger partial charge in [0.1, 0.15) is 11.6 Å². The predicted molar refractivity (Wildman–Crippen MR) is 79.4 cm³/mol. The summed E-state index contributed by atoms with van der Waals surface area (Å²) in [6, 6.07) is 6.26. The second kappa shape index (κ2) is 6.09. The highest BCUT2D eigenvalue weighted by Crippen LogP contribution is 2.28. The number of carbonyl (C=O) groups is 1. The van der Waals surface area contributed by atoms with Crippen LogP contribution in [-0.4, -0.2) is 13.0 Å². The summed E-state index contributed by atoms with van der Waals surface area (Å²) >= 11 is 2.99. The quantitative estimate of drug-likeness (QED) is 0.826. The number of rotatable bonds is 3. The summed E-state index contributed by atoms with van der Waals surface area (Å²) < 4.78 is 31.8. The lowest BCUT2D eigenvalue weighted by molar-refractivity contribution is 0.102. The van der Waals surface area contributed by atoms with E-state index in [-0.39, 0.29) is 21.4 Å². The number of nitrogens with one attached hydrogen (secondary N) is 1. The van der Waals surface area contributed by atoms with Crippen LogP contribution < -0.4 is 15.8 Å². The van der Waals surface area contributed by atoms with Gasteiger partial charge in [-0.25, -0.2) is 8.78 Å². The first-order valence-corrected chi connectivity index (χ1v) is 6.61. The zero-order valence-electron chi connectivity index (χ0n) is 10.9. The van der Waals surface area contributed by atoms with E-state index in [2.05, 4.69) is 21.2 Å². The van der Waals surface area contributed by atoms with Crippen molar-refractivity contribution in [3.05, 3.63) is 52.0 Å². The van der Waals surface area contributed by atoms with Crippen LogP contribution in [0.4, 0.5) is 20.2 Å². The van der Waals surface area contributed by atoms with Gasteiger partial charge in [-0.05, 0) is 40.2 Å². The Morgan fingerprint density at radius 2 is 2.00 bits per heavy atom. The molecular formula is C14H11BrF2N2O2. The fraction of sp³-hybridized carbons (Fsp3) is 0.0714. The standard InChI is InChI=1S/C14H11BrF2N2O2/c1-21-8-2-3-12(18)9(6-8)14(20)19-13-10(15)4-7(16)5-11(13)17/h2-6H,18H2,1H3,(H,19,20). The molecule has 4 nitrogen and oxygen atoms in total. The number of anilines is 2. The minimum absolute atomic E-state index is 0.0924. The van der Waals surface area contributed by atoms with Crippen LogP contribution in [0.25, 0.3) is 0 Å². The van der Waals surface area contributed by atoms with Gasteiger partial charge in [0.25, 0.3) is 5.91 Å². The highest BCUT2D eigenvalue weighted by Gasteiger charge is 2.16. The molecule has 2 aromatic rings. The van der Waals surface area contributed by atoms with E-state index in [0.29, 0.717) is 11.8 Å². The normalized spacial score (nSPS) is 10.3. The molecule has 2 rings (SSSR count). The van der Waals surface area contributed by atoms with E-state index in [1.807, 2.05) is 0 Å². The van der Waals surface area contributed by atoms with Crippen molar-refractivity contribution in [3.8, 4) is 5.75 Å². The number of halogens is 3. The van der Waals surface area contributed by atoms with E-state index >= 15 is 0 Å². The molecule has 0 atom stereocenters. The molecule has 0 aliphatic rings. The topological polar surface area (TPSA) is 64.3 Å². The van der Waals surface area contributed by atoms with Crippen LogP contribution in [0.5, 0.6) is 5.75 Å². The second-order valence-electron chi connectivity index (χ2n) is 4.15. The fourth-order valence-corrected chi connectivity index (χ4v) is 2.21. The summed E-state index contributed by atoms with van der Waals surface area (Å²) in [5, 5.41) is 2.35. The average molecular weight is 357 g/mol. The van der Waals surface area contributed by atoms with Gasteiger partial charge >= 0.3 is 0 Å². The Hall–Kier alpha value is -2.15. The van der Waals surface area contributed by atoms with Crippen LogP contribution in [0, 0.1) is 11.6 Å². The van der Waals surface area contributed by atoms with Crippen molar-refractivity contribution in [2.75, 3.05) is 18.2 Å². The van der Waals surface area contributed by atoms with Crippen LogP contribution in [-0.2, 0) is 0 Å². The molecule has 7 heteroatoms. The first-order chi connectivity index (χ1) is 9.92. The molecule has 110 valence electrons. The third-order valence-corrected chi connectivity index (χ3v) is 3.38. The summed E-state index contributed by atoms with van der Waals surface area (Å²) in [7, 11) is 1.45. The minimum atomic E-state index is -0.892. The van der Waals surface area contributed by atoms with E-state index in [0.717, 1.165) is 6.07 Å². The fourth-order valence-electron chi connectivity index (χ4n) is 1.70. The molecule has 0 spiro atoms. The maximum Gasteiger partial charge on any atom is 0.257 e. The number of amides is 1. The summed E-state index contributed by atoms with van der Waals surface area (Å²) in [6.45, 7) is 0. The van der Waals surface area contributed by atoms with E-state index < -0.39 is 17.5 Å². The van der Waals surface area contributed by atoms with Crippen LogP contribution >= 0.6 is 15.9 Å². The molecule has 0 fully saturated rings. The highest BCUT2D eigenvalue weighted by molar-refractivity contribution is 9.10. The highest BCUT2D eigenvalue weighted by atomic mass is 79.9. The zero-order chi connectivity index (χ0) is 15.6. The minimum Gasteiger partial charge on any atom is -0.497 e. The Bertz CT molecular complexity index is 684. The average Bonchev–Trinajstić information content (AvgIpc) is 2.43. The molecule has 0 saturated carbocycles. The molecule has 0 aliphatic heterocycles. The van der Waals surface area contributed by atoms with Gasteiger partial charge in [-0.3, -0.25) is 4.79 Å². The number of ether oxygens (including phenoxy) is 1. The molecular weight excluding hydrogens is 346 g/mol. The molecule has 0 unspecified atom stereocenters. The molecule has 0 saturated heterocycles. The van der Waals surface area contributed by atoms with Crippen molar-refractivity contribution >= 4 is 33.2 Å². The SMILES string of the molecule is COc1ccc(N)c(C(=O)Nc2c(F)cc(F)cc2Br)c1. The number of benzene rings is 2. The van der Waals surface area contributed by atoms with E-state index in [1.165, 1.54) is 19.2 Å². The lowest BCUT2D eigenvalue weighted by atomic mass is 10.1. The van der Waals surface area contributed by atoms with Crippen LogP contribution in [0.1, 0.15) is 10.4 Å². The summed E-state index contributed by atoms with van der Waals surface area (Å²) in [4.78, 5) is 12.2. The Morgan fingerprint density at radius 1 is 1.29 bits per heavy atom. The summed E-state index contributed by atoms with van der Waals surface area (Å²) in [6.07, 6.45) is 0. The smallest absolute Gasteiger partial charge is 0.257 e. The van der Waals surface area contributed by atoms with Gasteiger partial charge in [0.15, 0.2) is 5.82 Å². The molecule has 1 amide bonds. The summed E-state index contributed by atoms with van der Waals surface area (Å²) in [5.41, 5.74) is 5.90. The monoisotopic (exact) mass is 356 g/mol. The van der Waals surface area contributed by atoms with Gasteiger partial charge in [-0.1, -0.05) is 0 Å². The number of hydrogen-bond donors (Lipinski definition) is 2.